The second kappa shape index (κ2) is 8.16. The summed E-state index contributed by atoms with van der Waals surface area (Å²) in [5.41, 5.74) is -2.15. The van der Waals surface area contributed by atoms with Gasteiger partial charge in [0, 0.05) is 26.1 Å². The van der Waals surface area contributed by atoms with Gasteiger partial charge in [-0.05, 0) is 12.1 Å². The Bertz CT molecular complexity index is 416. The molecule has 0 spiro atoms. The fraction of sp³-hybridized carbons (Fsp3) is 0. The number of carbonyl (C=O) groups is 2. The third-order valence-electron chi connectivity index (χ3n) is 1.66. The molecule has 0 N–H and O–H groups in total. The predicted molar refractivity (Wildman–Crippen MR) is 46.6 cm³/mol. The summed E-state index contributed by atoms with van der Waals surface area (Å²) in [6, 6.07) is 1.10. The SMILES string of the molecule is O=C(OF)c1ccc(C(=O)OF)c(F)c1F.[Cu].[LiH]. The number of halogens is 4. The van der Waals surface area contributed by atoms with Crippen molar-refractivity contribution in [1.29, 1.82) is 0 Å². The summed E-state index contributed by atoms with van der Waals surface area (Å²) in [6.45, 7) is 0. The van der Waals surface area contributed by atoms with Gasteiger partial charge < -0.3 is 0 Å². The van der Waals surface area contributed by atoms with Crippen LogP contribution in [0.4, 0.5) is 17.8 Å². The summed E-state index contributed by atoms with van der Waals surface area (Å²) in [7, 11) is 0. The molecular weight excluding hydrogens is 307 g/mol. The van der Waals surface area contributed by atoms with E-state index in [4.69, 9.17) is 0 Å². The van der Waals surface area contributed by atoms with Gasteiger partial charge in [0.1, 0.15) is 11.1 Å². The van der Waals surface area contributed by atoms with Gasteiger partial charge in [-0.3, -0.25) is 0 Å². The molecule has 0 amide bonds. The molecule has 10 heteroatoms. The van der Waals surface area contributed by atoms with Gasteiger partial charge in [-0.15, -0.1) is 0 Å². The fourth-order valence-corrected chi connectivity index (χ4v) is 0.948. The van der Waals surface area contributed by atoms with Crippen molar-refractivity contribution < 1.29 is 54.4 Å². The van der Waals surface area contributed by atoms with Crippen LogP contribution in [0.3, 0.4) is 0 Å². The average Bonchev–Trinajstić information content (AvgIpc) is 2.30. The number of hydrogen-bond acceptors (Lipinski definition) is 4. The zero-order chi connectivity index (χ0) is 12.3. The van der Waals surface area contributed by atoms with Crippen molar-refractivity contribution in [2.75, 3.05) is 0 Å². The van der Waals surface area contributed by atoms with E-state index in [0.717, 1.165) is 0 Å². The molecule has 0 unspecified atom stereocenters. The van der Waals surface area contributed by atoms with Crippen molar-refractivity contribution in [2.45, 2.75) is 0 Å². The molecule has 0 aliphatic rings. The molecule has 1 radical (unpaired) electrons. The Morgan fingerprint density at radius 3 is 1.39 bits per heavy atom. The van der Waals surface area contributed by atoms with Gasteiger partial charge in [-0.2, -0.15) is 0 Å². The molecule has 0 heterocycles. The van der Waals surface area contributed by atoms with Crippen LogP contribution < -0.4 is 0 Å². The summed E-state index contributed by atoms with van der Waals surface area (Å²) in [4.78, 5) is 26.4. The van der Waals surface area contributed by atoms with Crippen LogP contribution in [-0.4, -0.2) is 30.8 Å². The van der Waals surface area contributed by atoms with Crippen LogP contribution in [0.25, 0.3) is 0 Å². The van der Waals surface area contributed by atoms with Crippen molar-refractivity contribution >= 4 is 30.8 Å². The summed E-state index contributed by atoms with van der Waals surface area (Å²) < 4.78 is 48.9. The number of benzene rings is 1. The summed E-state index contributed by atoms with van der Waals surface area (Å²) in [5.74, 6) is -7.25. The first-order chi connectivity index (χ1) is 7.52. The van der Waals surface area contributed by atoms with E-state index < -0.39 is 34.7 Å². The fourth-order valence-electron chi connectivity index (χ4n) is 0.948. The van der Waals surface area contributed by atoms with Gasteiger partial charge in [-0.25, -0.2) is 28.3 Å². The van der Waals surface area contributed by atoms with E-state index in [9.17, 15) is 27.4 Å². The average molecular weight is 310 g/mol. The topological polar surface area (TPSA) is 52.6 Å². The summed E-state index contributed by atoms with van der Waals surface area (Å²) >= 11 is 0. The minimum atomic E-state index is -1.84. The first-order valence-corrected chi connectivity index (χ1v) is 3.66. The van der Waals surface area contributed by atoms with Gasteiger partial charge in [-0.1, -0.05) is 0 Å². The van der Waals surface area contributed by atoms with Gasteiger partial charge in [0.05, 0.1) is 0 Å². The molecular formula is C8H3CuF4LiO4. The summed E-state index contributed by atoms with van der Waals surface area (Å²) in [5, 5.41) is 0. The van der Waals surface area contributed by atoms with Crippen LogP contribution in [0.1, 0.15) is 20.7 Å². The van der Waals surface area contributed by atoms with Crippen LogP contribution in [0, 0.1) is 11.6 Å². The number of carbonyl (C=O) groups excluding carboxylic acids is 2. The molecule has 99 valence electrons. The molecule has 0 atom stereocenters. The Hall–Kier alpha value is -1.00. The summed E-state index contributed by atoms with van der Waals surface area (Å²) in [6.07, 6.45) is 0. The van der Waals surface area contributed by atoms with E-state index in [1.165, 1.54) is 0 Å². The first-order valence-electron chi connectivity index (χ1n) is 3.66. The minimum absolute atomic E-state index is 0. The van der Waals surface area contributed by atoms with Gasteiger partial charge >= 0.3 is 30.8 Å². The third-order valence-corrected chi connectivity index (χ3v) is 1.66. The first kappa shape index (κ1) is 19.3. The molecule has 0 fully saturated rings. The Morgan fingerprint density at radius 1 is 0.889 bits per heavy atom. The Kier molecular flexibility index (Phi) is 8.77. The predicted octanol–water partition coefficient (Wildman–Crippen LogP) is 1.40. The normalized spacial score (nSPS) is 8.67. The molecule has 18 heavy (non-hydrogen) atoms. The van der Waals surface area contributed by atoms with Crippen molar-refractivity contribution in [3.05, 3.63) is 34.9 Å². The monoisotopic (exact) mass is 309 g/mol. The second-order valence-corrected chi connectivity index (χ2v) is 2.52. The maximum atomic E-state index is 13.0. The Balaban J connectivity index is 0. The zero-order valence-corrected chi connectivity index (χ0v) is 8.54. The molecule has 0 bridgehead atoms. The van der Waals surface area contributed by atoms with Crippen molar-refractivity contribution in [1.82, 2.24) is 0 Å². The van der Waals surface area contributed by atoms with Gasteiger partial charge in [0.25, 0.3) is 0 Å². The zero-order valence-electron chi connectivity index (χ0n) is 7.60. The Labute approximate surface area is 120 Å². The van der Waals surface area contributed by atoms with Crippen LogP contribution in [0.5, 0.6) is 0 Å². The molecule has 1 aromatic carbocycles. The van der Waals surface area contributed by atoms with E-state index in [2.05, 4.69) is 9.88 Å². The van der Waals surface area contributed by atoms with Crippen molar-refractivity contribution in [3.63, 3.8) is 0 Å². The molecule has 0 saturated heterocycles. The van der Waals surface area contributed by atoms with Gasteiger partial charge in [0.15, 0.2) is 11.6 Å². The molecule has 0 aromatic heterocycles. The molecule has 0 saturated carbocycles. The number of rotatable bonds is 2. The van der Waals surface area contributed by atoms with Gasteiger partial charge in [0.2, 0.25) is 0 Å². The quantitative estimate of drug-likeness (QED) is 0.612. The molecule has 0 aliphatic carbocycles. The standard InChI is InChI=1S/C8H2F4O4.Cu.Li.H/c9-5-3(7(13)15-11)1-2-4(6(5)10)8(14)16-12;;;/h1-2H;;;. The maximum absolute atomic E-state index is 13.0. The van der Waals surface area contributed by atoms with E-state index in [1.54, 1.807) is 0 Å². The van der Waals surface area contributed by atoms with E-state index in [1.807, 2.05) is 0 Å². The number of hydrogen-bond donors (Lipinski definition) is 0. The second-order valence-electron chi connectivity index (χ2n) is 2.52. The molecule has 1 aromatic rings. The van der Waals surface area contributed by atoms with E-state index in [-0.39, 0.29) is 35.9 Å². The van der Waals surface area contributed by atoms with Crippen LogP contribution in [0.15, 0.2) is 12.1 Å². The Morgan fingerprint density at radius 2 is 1.17 bits per heavy atom. The molecule has 1 rings (SSSR count). The van der Waals surface area contributed by atoms with Crippen LogP contribution >= 0.6 is 0 Å². The van der Waals surface area contributed by atoms with E-state index in [0.29, 0.717) is 12.1 Å². The van der Waals surface area contributed by atoms with Crippen LogP contribution in [-0.2, 0) is 27.0 Å². The third kappa shape index (κ3) is 3.75. The van der Waals surface area contributed by atoms with Crippen molar-refractivity contribution in [2.24, 2.45) is 0 Å². The van der Waals surface area contributed by atoms with E-state index >= 15 is 0 Å². The molecule has 0 aliphatic heterocycles. The molecule has 4 nitrogen and oxygen atoms in total. The van der Waals surface area contributed by atoms with Crippen molar-refractivity contribution in [3.8, 4) is 0 Å². The van der Waals surface area contributed by atoms with Crippen LogP contribution in [0.2, 0.25) is 0 Å².